The summed E-state index contributed by atoms with van der Waals surface area (Å²) < 4.78 is 6.40. The number of hydrogen-bond donors (Lipinski definition) is 3. The zero-order chi connectivity index (χ0) is 40.4. The third kappa shape index (κ3) is 7.31. The smallest absolute Gasteiger partial charge is 0.244 e. The largest absolute Gasteiger partial charge is 0.400 e. The molecule has 6 aliphatic carbocycles. The third-order valence-corrected chi connectivity index (χ3v) is 15.8. The molecule has 1 amide bonds. The van der Waals surface area contributed by atoms with Crippen molar-refractivity contribution in [3.8, 4) is 0 Å². The maximum atomic E-state index is 14.0. The molecular formula is C45H66ClN3O6. The summed E-state index contributed by atoms with van der Waals surface area (Å²) in [7, 11) is 1.00. The second kappa shape index (κ2) is 15.0. The summed E-state index contributed by atoms with van der Waals surface area (Å²) in [5.41, 5.74) is 0.956. The number of aliphatic hydroxyl groups excluding tert-OH is 2. The average Bonchev–Trinajstić information content (AvgIpc) is 3.83. The molecular weight excluding hydrogens is 714 g/mol. The molecule has 9 unspecified atom stereocenters. The van der Waals surface area contributed by atoms with Gasteiger partial charge in [0.15, 0.2) is 17.9 Å². The average molecular weight is 780 g/mol. The van der Waals surface area contributed by atoms with Gasteiger partial charge in [-0.2, -0.15) is 0 Å². The van der Waals surface area contributed by atoms with Crippen LogP contribution in [0, 0.1) is 56.7 Å². The Hall–Kier alpha value is -2.46. The monoisotopic (exact) mass is 779 g/mol. The zero-order valence-electron chi connectivity index (χ0n) is 34.7. The van der Waals surface area contributed by atoms with Crippen molar-refractivity contribution in [2.45, 2.75) is 150 Å². The minimum atomic E-state index is -0.958. The number of carbonyl (C=O) groups excluding carboxylic acids is 3. The molecule has 10 heteroatoms. The quantitative estimate of drug-likeness (QED) is 0.123. The first-order valence-electron chi connectivity index (χ1n) is 20.8. The minimum absolute atomic E-state index is 0.0604. The molecule has 1 heterocycles. The molecule has 6 aliphatic rings. The molecule has 9 atom stereocenters. The van der Waals surface area contributed by atoms with Crippen LogP contribution in [0.2, 0.25) is 5.02 Å². The summed E-state index contributed by atoms with van der Waals surface area (Å²) in [5, 5.41) is 21.6. The van der Waals surface area contributed by atoms with Crippen LogP contribution in [0.25, 0.3) is 0 Å². The van der Waals surface area contributed by atoms with Gasteiger partial charge in [0.2, 0.25) is 5.91 Å². The lowest BCUT2D eigenvalue weighted by Gasteiger charge is -2.69. The van der Waals surface area contributed by atoms with Crippen molar-refractivity contribution in [3.05, 3.63) is 46.5 Å². The molecule has 5 fully saturated rings. The SMILES string of the molecule is CC(C)C1=C2C3CCC4C(C)(CCC5C(C)(C)C(OC(O)CC(C)(C)C=O)CCC54C)C3CCC2(/C=C/C(=O)NC2(c3ncc(Cl)cn3)CC2)CC1=O.CO. The Labute approximate surface area is 333 Å². The Morgan fingerprint density at radius 2 is 1.64 bits per heavy atom. The lowest BCUT2D eigenvalue weighted by molar-refractivity contribution is -0.245. The number of halogens is 1. The number of fused-ring (bicyclic) bond motifs is 7. The Balaban J connectivity index is 0.00000253. The number of Topliss-reactive ketones (excluding diaryl/α,β-unsaturated/α-hetero) is 1. The zero-order valence-corrected chi connectivity index (χ0v) is 35.5. The summed E-state index contributed by atoms with van der Waals surface area (Å²) in [6.45, 7) is 17.9. The van der Waals surface area contributed by atoms with Crippen molar-refractivity contribution >= 4 is 29.6 Å². The maximum absolute atomic E-state index is 14.0. The second-order valence-electron chi connectivity index (χ2n) is 20.1. The van der Waals surface area contributed by atoms with Gasteiger partial charge >= 0.3 is 0 Å². The van der Waals surface area contributed by atoms with Crippen LogP contribution >= 0.6 is 11.6 Å². The number of nitrogens with zero attached hydrogens (tertiary/aromatic N) is 2. The van der Waals surface area contributed by atoms with Gasteiger partial charge in [-0.3, -0.25) is 9.59 Å². The number of aromatic nitrogens is 2. The van der Waals surface area contributed by atoms with Crippen LogP contribution in [0.4, 0.5) is 0 Å². The summed E-state index contributed by atoms with van der Waals surface area (Å²) in [6, 6.07) is 0. The number of carbonyl (C=O) groups is 3. The number of rotatable bonds is 10. The van der Waals surface area contributed by atoms with Gasteiger partial charge in [-0.25, -0.2) is 9.97 Å². The Kier molecular flexibility index (Phi) is 11.5. The van der Waals surface area contributed by atoms with Crippen LogP contribution < -0.4 is 5.32 Å². The van der Waals surface area contributed by atoms with Gasteiger partial charge in [0.05, 0.1) is 11.1 Å². The van der Waals surface area contributed by atoms with Crippen LogP contribution in [-0.4, -0.2) is 57.7 Å². The van der Waals surface area contributed by atoms with Crippen LogP contribution in [0.15, 0.2) is 35.7 Å². The van der Waals surface area contributed by atoms with E-state index in [2.05, 4.69) is 62.9 Å². The molecule has 5 saturated carbocycles. The lowest BCUT2D eigenvalue weighted by Crippen LogP contribution is -2.63. The predicted molar refractivity (Wildman–Crippen MR) is 214 cm³/mol. The molecule has 9 nitrogen and oxygen atoms in total. The molecule has 0 aliphatic heterocycles. The minimum Gasteiger partial charge on any atom is -0.400 e. The Morgan fingerprint density at radius 3 is 2.25 bits per heavy atom. The highest BCUT2D eigenvalue weighted by molar-refractivity contribution is 6.30. The van der Waals surface area contributed by atoms with Crippen LogP contribution in [0.1, 0.15) is 138 Å². The van der Waals surface area contributed by atoms with E-state index >= 15 is 0 Å². The van der Waals surface area contributed by atoms with Crippen molar-refractivity contribution in [1.29, 1.82) is 0 Å². The van der Waals surface area contributed by atoms with Crippen molar-refractivity contribution in [2.75, 3.05) is 7.11 Å². The van der Waals surface area contributed by atoms with Gasteiger partial charge < -0.3 is 25.1 Å². The molecule has 3 N–H and O–H groups in total. The Bertz CT molecular complexity index is 1700. The van der Waals surface area contributed by atoms with E-state index in [0.717, 1.165) is 83.2 Å². The number of ether oxygens (including phenoxy) is 1. The van der Waals surface area contributed by atoms with E-state index in [4.69, 9.17) is 21.4 Å². The van der Waals surface area contributed by atoms with Gasteiger partial charge in [-0.1, -0.05) is 73.1 Å². The van der Waals surface area contributed by atoms with E-state index in [1.807, 2.05) is 13.8 Å². The third-order valence-electron chi connectivity index (χ3n) is 15.6. The molecule has 0 saturated heterocycles. The number of aldehydes is 1. The van der Waals surface area contributed by atoms with Crippen LogP contribution in [0.3, 0.4) is 0 Å². The standard InChI is InChI=1S/C44H62ClN3O5.CH4O/c1-26(2)36-30(50)21-43(18-14-34(51)48-44(19-20-44)38-46-23-27(45)24-47-38)17-11-29-28(37(36)43)9-10-32-41(29,7)15-12-31-40(5,6)33(13-16-42(31,32)8)53-35(52)22-39(3,4)25-49;1-2/h14,18,23-26,28-29,31-33,35,52H,9-13,15-17,19-22H2,1-8H3,(H,48,51);2H,1H3/b18-14+;. The van der Waals surface area contributed by atoms with Crippen LogP contribution in [0.5, 0.6) is 0 Å². The maximum Gasteiger partial charge on any atom is 0.244 e. The lowest BCUT2D eigenvalue weighted by atomic mass is 9.36. The van der Waals surface area contributed by atoms with Crippen molar-refractivity contribution < 1.29 is 29.3 Å². The molecule has 304 valence electrons. The highest BCUT2D eigenvalue weighted by Crippen LogP contribution is 2.73. The number of hydrogen-bond acceptors (Lipinski definition) is 8. The fourth-order valence-corrected chi connectivity index (χ4v) is 13.2. The normalized spacial score (nSPS) is 36.5. The number of amides is 1. The van der Waals surface area contributed by atoms with Crippen molar-refractivity contribution in [1.82, 2.24) is 15.3 Å². The van der Waals surface area contributed by atoms with Gasteiger partial charge in [0.25, 0.3) is 0 Å². The van der Waals surface area contributed by atoms with Gasteiger partial charge in [-0.15, -0.1) is 0 Å². The highest BCUT2D eigenvalue weighted by atomic mass is 35.5. The second-order valence-corrected chi connectivity index (χ2v) is 20.5. The van der Waals surface area contributed by atoms with Crippen molar-refractivity contribution in [3.63, 3.8) is 0 Å². The van der Waals surface area contributed by atoms with Crippen LogP contribution in [-0.2, 0) is 24.7 Å². The first kappa shape index (κ1) is 42.2. The molecule has 0 bridgehead atoms. The summed E-state index contributed by atoms with van der Waals surface area (Å²) in [6.07, 6.45) is 17.6. The fourth-order valence-electron chi connectivity index (χ4n) is 13.1. The number of aliphatic hydroxyl groups is 2. The van der Waals surface area contributed by atoms with E-state index in [0.29, 0.717) is 47.4 Å². The first-order valence-corrected chi connectivity index (χ1v) is 21.2. The number of nitrogens with one attached hydrogen (secondary N) is 1. The molecule has 1 aromatic rings. The van der Waals surface area contributed by atoms with Gasteiger partial charge in [-0.05, 0) is 127 Å². The van der Waals surface area contributed by atoms with E-state index < -0.39 is 22.7 Å². The van der Waals surface area contributed by atoms with E-state index in [1.54, 1.807) is 18.5 Å². The molecule has 0 spiro atoms. The molecule has 0 aromatic carbocycles. The predicted octanol–water partition coefficient (Wildman–Crippen LogP) is 8.31. The Morgan fingerprint density at radius 1 is 0.982 bits per heavy atom. The summed E-state index contributed by atoms with van der Waals surface area (Å²) in [5.74, 6) is 2.68. The van der Waals surface area contributed by atoms with E-state index in [9.17, 15) is 19.5 Å². The summed E-state index contributed by atoms with van der Waals surface area (Å²) >= 11 is 6.03. The molecule has 1 aromatic heterocycles. The van der Waals surface area contributed by atoms with E-state index in [-0.39, 0.29) is 40.0 Å². The molecule has 55 heavy (non-hydrogen) atoms. The first-order chi connectivity index (χ1) is 25.8. The molecule has 7 rings (SSSR count). The topological polar surface area (TPSA) is 139 Å². The van der Waals surface area contributed by atoms with Gasteiger partial charge in [0.1, 0.15) is 11.8 Å². The van der Waals surface area contributed by atoms with E-state index in [1.165, 1.54) is 5.57 Å². The van der Waals surface area contributed by atoms with Gasteiger partial charge in [0, 0.05) is 43.2 Å². The van der Waals surface area contributed by atoms with Crippen molar-refractivity contribution in [2.24, 2.45) is 56.7 Å². The summed E-state index contributed by atoms with van der Waals surface area (Å²) in [4.78, 5) is 47.9. The highest BCUT2D eigenvalue weighted by Gasteiger charge is 2.66. The molecule has 0 radical (unpaired) electrons. The number of ketones is 1. The number of allylic oxidation sites excluding steroid dienone is 3. The fraction of sp³-hybridized carbons (Fsp3) is 0.756.